The maximum atomic E-state index is 14.7. The number of ether oxygens (including phenoxy) is 3. The van der Waals surface area contributed by atoms with E-state index in [1.54, 1.807) is 13.2 Å². The molecular formula is C43H50N4O6. The van der Waals surface area contributed by atoms with Crippen molar-refractivity contribution in [1.82, 2.24) is 9.80 Å². The molecule has 1 aromatic rings. The Morgan fingerprint density at radius 3 is 2.60 bits per heavy atom. The minimum absolute atomic E-state index is 0.0507. The molecule has 0 aromatic heterocycles. The number of anilines is 1. The second kappa shape index (κ2) is 11.0. The summed E-state index contributed by atoms with van der Waals surface area (Å²) in [5, 5.41) is 0. The molecule has 11 rings (SSSR count). The van der Waals surface area contributed by atoms with Gasteiger partial charge in [0.05, 0.1) is 49.4 Å². The quantitative estimate of drug-likeness (QED) is 0.226. The monoisotopic (exact) mass is 718 g/mol. The number of hydrogen-bond acceptors (Lipinski definition) is 10. The first-order chi connectivity index (χ1) is 25.6. The number of likely N-dealkylation sites (N-methyl/N-ethyl adjacent to an activating group) is 1. The van der Waals surface area contributed by atoms with Crippen LogP contribution in [0.25, 0.3) is 5.57 Å². The Balaban J connectivity index is 1.16. The number of rotatable bonds is 5. The molecule has 4 bridgehead atoms. The molecule has 0 N–H and O–H groups in total. The average molecular weight is 719 g/mol. The molecule has 10 nitrogen and oxygen atoms in total. The van der Waals surface area contributed by atoms with Crippen molar-refractivity contribution in [3.05, 3.63) is 63.9 Å². The first-order valence-corrected chi connectivity index (χ1v) is 19.7. The molecule has 3 aliphatic carbocycles. The maximum absolute atomic E-state index is 14.7. The highest BCUT2D eigenvalue weighted by atomic mass is 16.5. The van der Waals surface area contributed by atoms with Gasteiger partial charge in [0.25, 0.3) is 0 Å². The van der Waals surface area contributed by atoms with E-state index in [0.29, 0.717) is 17.7 Å². The standard InChI is InChI=1S/C43H50N4O6/c1-7-24-23-47-17-14-42-29-20-33(48)26(19-31(29)44-43(42,47)12-10-25(24)35(42)38(50)53-6)27-18-30-32(21-34(27)51-4)45(3)36-28(37(49)52-5)22-40(8-2)11-9-15-46-16-13-41(30,36)39(40)46/h7,18-21,25,35,39H,8-17,22-23H2,1-6H3/t25-,35-,39-,40-,41-,42-,43-/m0/s1. The number of allylic oxidation sites excluding steroid dienone is 4. The van der Waals surface area contributed by atoms with E-state index < -0.39 is 22.4 Å². The highest BCUT2D eigenvalue weighted by Gasteiger charge is 2.75. The van der Waals surface area contributed by atoms with Crippen LogP contribution in [0.3, 0.4) is 0 Å². The molecule has 1 unspecified atom stereocenters. The normalized spacial score (nSPS) is 39.4. The number of carbonyl (C=O) groups excluding carboxylic acids is 3. The van der Waals surface area contributed by atoms with Gasteiger partial charge in [0.15, 0.2) is 5.78 Å². The fourth-order valence-corrected chi connectivity index (χ4v) is 13.9. The number of methoxy groups -OCH3 is 3. The number of esters is 2. The minimum Gasteiger partial charge on any atom is -0.496 e. The van der Waals surface area contributed by atoms with Gasteiger partial charge in [-0.15, -0.1) is 0 Å². The lowest BCUT2D eigenvalue weighted by atomic mass is 9.53. The van der Waals surface area contributed by atoms with Crippen LogP contribution in [0.15, 0.2) is 57.8 Å². The predicted octanol–water partition coefficient (Wildman–Crippen LogP) is 5.37. The zero-order chi connectivity index (χ0) is 36.8. The van der Waals surface area contributed by atoms with Gasteiger partial charge in [-0.05, 0) is 112 Å². The van der Waals surface area contributed by atoms with Crippen LogP contribution in [0.5, 0.6) is 5.75 Å². The van der Waals surface area contributed by atoms with Crippen molar-refractivity contribution in [3.8, 4) is 5.75 Å². The predicted molar refractivity (Wildman–Crippen MR) is 201 cm³/mol. The van der Waals surface area contributed by atoms with Crippen LogP contribution in [0.1, 0.15) is 76.3 Å². The maximum Gasteiger partial charge on any atom is 0.335 e. The summed E-state index contributed by atoms with van der Waals surface area (Å²) < 4.78 is 17.2. The summed E-state index contributed by atoms with van der Waals surface area (Å²) >= 11 is 0. The first kappa shape index (κ1) is 33.5. The van der Waals surface area contributed by atoms with Crippen molar-refractivity contribution >= 4 is 34.7 Å². The fourth-order valence-electron chi connectivity index (χ4n) is 13.9. The van der Waals surface area contributed by atoms with E-state index in [2.05, 4.69) is 53.8 Å². The second-order valence-electron chi connectivity index (χ2n) is 17.0. The summed E-state index contributed by atoms with van der Waals surface area (Å²) in [7, 11) is 6.71. The fraction of sp³-hybridized carbons (Fsp3) is 0.581. The van der Waals surface area contributed by atoms with E-state index in [1.165, 1.54) is 19.8 Å². The van der Waals surface area contributed by atoms with Crippen molar-refractivity contribution in [3.63, 3.8) is 0 Å². The number of carbonyl (C=O) groups is 3. The van der Waals surface area contributed by atoms with E-state index in [9.17, 15) is 14.4 Å². The molecule has 1 saturated carbocycles. The lowest BCUT2D eigenvalue weighted by Gasteiger charge is -2.56. The highest BCUT2D eigenvalue weighted by molar-refractivity contribution is 6.37. The summed E-state index contributed by atoms with van der Waals surface area (Å²) in [6.07, 6.45) is 13.2. The summed E-state index contributed by atoms with van der Waals surface area (Å²) in [6, 6.07) is 4.52. The molecule has 6 fully saturated rings. The highest BCUT2D eigenvalue weighted by Crippen LogP contribution is 2.71. The number of ketones is 1. The Labute approximate surface area is 311 Å². The van der Waals surface area contributed by atoms with E-state index in [-0.39, 0.29) is 35.1 Å². The summed E-state index contributed by atoms with van der Waals surface area (Å²) in [4.78, 5) is 55.2. The summed E-state index contributed by atoms with van der Waals surface area (Å²) in [5.74, 6) is -0.273. The van der Waals surface area contributed by atoms with Crippen molar-refractivity contribution in [1.29, 1.82) is 0 Å². The SMILES string of the molecule is CC=C1CN2CC[C@@]34C5=CC(=O)C(c6cc7c(cc6OC)N(C)C6=C(C(=O)OC)C[C@]8(CC)CCCN9CC[C@@]67[C@@H]98)=CC5=N[C@@]23CC[C@@H]1[C@H]4C(=O)OC. The molecule has 53 heavy (non-hydrogen) atoms. The van der Waals surface area contributed by atoms with Gasteiger partial charge in [-0.25, -0.2) is 4.79 Å². The molecule has 10 heteroatoms. The van der Waals surface area contributed by atoms with Gasteiger partial charge in [0.1, 0.15) is 11.4 Å². The Hall–Kier alpha value is -4.02. The van der Waals surface area contributed by atoms with Gasteiger partial charge < -0.3 is 19.1 Å². The van der Waals surface area contributed by atoms with Gasteiger partial charge >= 0.3 is 11.9 Å². The third-order valence-electron chi connectivity index (χ3n) is 15.8. The molecule has 278 valence electrons. The lowest BCUT2D eigenvalue weighted by Crippen LogP contribution is -2.60. The van der Waals surface area contributed by atoms with Crippen LogP contribution in [0.4, 0.5) is 5.69 Å². The molecule has 1 aromatic carbocycles. The number of nitrogens with zero attached hydrogens (tertiary/aromatic N) is 4. The number of hydrogen-bond donors (Lipinski definition) is 0. The molecule has 8 atom stereocenters. The van der Waals surface area contributed by atoms with E-state index in [0.717, 1.165) is 110 Å². The zero-order valence-corrected chi connectivity index (χ0v) is 31.8. The first-order valence-electron chi connectivity index (χ1n) is 19.7. The van der Waals surface area contributed by atoms with Crippen LogP contribution in [0.2, 0.25) is 0 Å². The molecule has 0 amide bonds. The number of piperidine rings is 1. The largest absolute Gasteiger partial charge is 0.496 e. The average Bonchev–Trinajstić information content (AvgIpc) is 3.83. The van der Waals surface area contributed by atoms with Crippen molar-refractivity contribution in [2.75, 3.05) is 59.5 Å². The molecule has 5 saturated heterocycles. The molecular weight excluding hydrogens is 668 g/mol. The molecule has 7 aliphatic heterocycles. The van der Waals surface area contributed by atoms with Crippen LogP contribution in [-0.4, -0.2) is 99.5 Å². The van der Waals surface area contributed by atoms with Crippen LogP contribution >= 0.6 is 0 Å². The smallest absolute Gasteiger partial charge is 0.335 e. The Morgan fingerprint density at radius 1 is 1.04 bits per heavy atom. The van der Waals surface area contributed by atoms with Gasteiger partial charge in [-0.1, -0.05) is 18.6 Å². The lowest BCUT2D eigenvalue weighted by molar-refractivity contribution is -0.156. The Bertz CT molecular complexity index is 2080. The summed E-state index contributed by atoms with van der Waals surface area (Å²) in [6.45, 7) is 7.97. The number of fused-ring (bicyclic) bond motifs is 4. The number of benzene rings is 1. The third kappa shape index (κ3) is 3.73. The molecule has 0 radical (unpaired) electrons. The van der Waals surface area contributed by atoms with Gasteiger partial charge in [-0.2, -0.15) is 0 Å². The Kier molecular flexibility index (Phi) is 6.98. The van der Waals surface area contributed by atoms with Crippen LogP contribution in [-0.2, 0) is 29.3 Å². The van der Waals surface area contributed by atoms with Gasteiger partial charge in [0, 0.05) is 54.8 Å². The van der Waals surface area contributed by atoms with Crippen molar-refractivity contribution in [2.24, 2.45) is 27.7 Å². The second-order valence-corrected chi connectivity index (χ2v) is 17.0. The number of aliphatic imine (C=N–C) groups is 1. The van der Waals surface area contributed by atoms with Gasteiger partial charge in [-0.3, -0.25) is 24.4 Å². The van der Waals surface area contributed by atoms with Gasteiger partial charge in [0.2, 0.25) is 0 Å². The minimum atomic E-state index is -0.617. The molecule has 10 aliphatic rings. The van der Waals surface area contributed by atoms with Crippen LogP contribution in [0, 0.1) is 22.7 Å². The van der Waals surface area contributed by atoms with Crippen molar-refractivity contribution < 1.29 is 28.6 Å². The van der Waals surface area contributed by atoms with Crippen LogP contribution < -0.4 is 9.64 Å². The summed E-state index contributed by atoms with van der Waals surface area (Å²) in [5.41, 5.74) is 6.62. The van der Waals surface area contributed by atoms with E-state index in [1.807, 2.05) is 6.08 Å². The van der Waals surface area contributed by atoms with E-state index >= 15 is 0 Å². The zero-order valence-electron chi connectivity index (χ0n) is 31.8. The van der Waals surface area contributed by atoms with Crippen molar-refractivity contribution in [2.45, 2.75) is 82.3 Å². The van der Waals surface area contributed by atoms with E-state index in [4.69, 9.17) is 19.2 Å². The Morgan fingerprint density at radius 2 is 1.87 bits per heavy atom. The third-order valence-corrected chi connectivity index (χ3v) is 15.8. The topological polar surface area (TPSA) is 101 Å². The molecule has 2 spiro atoms. The molecule has 7 heterocycles.